The lowest BCUT2D eigenvalue weighted by Gasteiger charge is -2.25. The average Bonchev–Trinajstić information content (AvgIpc) is 3.05. The van der Waals surface area contributed by atoms with E-state index < -0.39 is 0 Å². The molecular formula is C17H11Br2FN4. The monoisotopic (exact) mass is 448 g/mol. The van der Waals surface area contributed by atoms with Gasteiger partial charge < -0.3 is 5.32 Å². The van der Waals surface area contributed by atoms with Gasteiger partial charge in [0.05, 0.1) is 0 Å². The Hall–Kier alpha value is -1.99. The number of benzene rings is 2. The number of anilines is 1. The molecule has 2 heterocycles. The fraction of sp³-hybridized carbons (Fsp3) is 0.0588. The molecule has 3 aromatic rings. The van der Waals surface area contributed by atoms with Crippen molar-refractivity contribution in [2.24, 2.45) is 0 Å². The van der Waals surface area contributed by atoms with Crippen LogP contribution in [-0.4, -0.2) is 14.8 Å². The molecule has 0 unspecified atom stereocenters. The smallest absolute Gasteiger partial charge is 0.226 e. The SMILES string of the molecule is Fc1ccc(Br)cc1[C@H]1C=C(c2cccc(Br)c2)Nc2ncnn21. The normalized spacial score (nSPS) is 16.3. The van der Waals surface area contributed by atoms with Crippen molar-refractivity contribution in [1.82, 2.24) is 14.8 Å². The lowest BCUT2D eigenvalue weighted by Crippen LogP contribution is -2.21. The van der Waals surface area contributed by atoms with E-state index in [1.54, 1.807) is 16.8 Å². The van der Waals surface area contributed by atoms with Crippen LogP contribution in [-0.2, 0) is 0 Å². The Balaban J connectivity index is 1.87. The van der Waals surface area contributed by atoms with Crippen molar-refractivity contribution < 1.29 is 4.39 Å². The minimum atomic E-state index is -0.379. The van der Waals surface area contributed by atoms with Crippen molar-refractivity contribution in [2.75, 3.05) is 5.32 Å². The van der Waals surface area contributed by atoms with Crippen molar-refractivity contribution in [1.29, 1.82) is 0 Å². The number of allylic oxidation sites excluding steroid dienone is 1. The Kier molecular flexibility index (Phi) is 3.97. The first-order valence-electron chi connectivity index (χ1n) is 7.21. The largest absolute Gasteiger partial charge is 0.324 e. The predicted octanol–water partition coefficient (Wildman–Crippen LogP) is 5.00. The number of aromatic nitrogens is 3. The fourth-order valence-electron chi connectivity index (χ4n) is 2.72. The van der Waals surface area contributed by atoms with E-state index in [4.69, 9.17) is 0 Å². The maximum Gasteiger partial charge on any atom is 0.226 e. The van der Waals surface area contributed by atoms with Gasteiger partial charge in [0.15, 0.2) is 0 Å². The minimum Gasteiger partial charge on any atom is -0.324 e. The molecular weight excluding hydrogens is 439 g/mol. The van der Waals surface area contributed by atoms with Crippen LogP contribution in [0.15, 0.2) is 63.8 Å². The second kappa shape index (κ2) is 6.14. The molecule has 0 aliphatic carbocycles. The summed E-state index contributed by atoms with van der Waals surface area (Å²) in [5, 5.41) is 7.49. The number of hydrogen-bond acceptors (Lipinski definition) is 3. The molecule has 1 aromatic heterocycles. The van der Waals surface area contributed by atoms with Crippen LogP contribution >= 0.6 is 31.9 Å². The highest BCUT2D eigenvalue weighted by Gasteiger charge is 2.25. The van der Waals surface area contributed by atoms with Gasteiger partial charge >= 0.3 is 0 Å². The van der Waals surface area contributed by atoms with Gasteiger partial charge in [0, 0.05) is 20.2 Å². The van der Waals surface area contributed by atoms with E-state index in [1.807, 2.05) is 30.3 Å². The fourth-order valence-corrected chi connectivity index (χ4v) is 3.50. The van der Waals surface area contributed by atoms with Crippen LogP contribution in [0, 0.1) is 5.82 Å². The molecule has 0 saturated heterocycles. The molecule has 1 aliphatic rings. The van der Waals surface area contributed by atoms with E-state index in [1.165, 1.54) is 12.4 Å². The van der Waals surface area contributed by atoms with E-state index in [0.29, 0.717) is 11.5 Å². The first-order valence-corrected chi connectivity index (χ1v) is 8.79. The number of nitrogens with zero attached hydrogens (tertiary/aromatic N) is 3. The zero-order valence-corrected chi connectivity index (χ0v) is 15.4. The lowest BCUT2D eigenvalue weighted by atomic mass is 10.0. The molecule has 0 radical (unpaired) electrons. The maximum atomic E-state index is 14.4. The van der Waals surface area contributed by atoms with Gasteiger partial charge in [0.2, 0.25) is 5.95 Å². The van der Waals surface area contributed by atoms with Crippen molar-refractivity contribution in [2.45, 2.75) is 6.04 Å². The van der Waals surface area contributed by atoms with E-state index in [-0.39, 0.29) is 11.9 Å². The van der Waals surface area contributed by atoms with Gasteiger partial charge in [-0.1, -0.05) is 44.0 Å². The summed E-state index contributed by atoms with van der Waals surface area (Å²) in [4.78, 5) is 4.24. The van der Waals surface area contributed by atoms with Crippen LogP contribution in [0.5, 0.6) is 0 Å². The van der Waals surface area contributed by atoms with Gasteiger partial charge in [-0.2, -0.15) is 10.1 Å². The van der Waals surface area contributed by atoms with Gasteiger partial charge in [-0.15, -0.1) is 0 Å². The molecule has 0 bridgehead atoms. The molecule has 1 aliphatic heterocycles. The first kappa shape index (κ1) is 15.5. The van der Waals surface area contributed by atoms with Gasteiger partial charge in [-0.05, 0) is 42.0 Å². The van der Waals surface area contributed by atoms with E-state index >= 15 is 0 Å². The van der Waals surface area contributed by atoms with Crippen LogP contribution in [0.3, 0.4) is 0 Å². The maximum absolute atomic E-state index is 14.4. The van der Waals surface area contributed by atoms with E-state index in [9.17, 15) is 4.39 Å². The second-order valence-electron chi connectivity index (χ2n) is 5.35. The third kappa shape index (κ3) is 2.78. The zero-order valence-electron chi connectivity index (χ0n) is 12.2. The summed E-state index contributed by atoms with van der Waals surface area (Å²) >= 11 is 6.89. The Labute approximate surface area is 154 Å². The summed E-state index contributed by atoms with van der Waals surface area (Å²) in [6, 6.07) is 12.4. The molecule has 0 amide bonds. The lowest BCUT2D eigenvalue weighted by molar-refractivity contribution is 0.551. The Morgan fingerprint density at radius 3 is 2.75 bits per heavy atom. The molecule has 1 atom stereocenters. The highest BCUT2D eigenvalue weighted by Crippen LogP contribution is 2.34. The molecule has 4 rings (SSSR count). The molecule has 24 heavy (non-hydrogen) atoms. The van der Waals surface area contributed by atoms with Crippen LogP contribution in [0.2, 0.25) is 0 Å². The highest BCUT2D eigenvalue weighted by atomic mass is 79.9. The number of hydrogen-bond donors (Lipinski definition) is 1. The molecule has 4 nitrogen and oxygen atoms in total. The van der Waals surface area contributed by atoms with Crippen molar-refractivity contribution >= 4 is 43.5 Å². The molecule has 120 valence electrons. The summed E-state index contributed by atoms with van der Waals surface area (Å²) in [6.45, 7) is 0. The van der Waals surface area contributed by atoms with Gasteiger partial charge in [0.1, 0.15) is 18.2 Å². The Bertz CT molecular complexity index is 951. The number of fused-ring (bicyclic) bond motifs is 1. The average molecular weight is 450 g/mol. The van der Waals surface area contributed by atoms with Crippen LogP contribution < -0.4 is 5.32 Å². The molecule has 2 aromatic carbocycles. The van der Waals surface area contributed by atoms with Crippen LogP contribution in [0.1, 0.15) is 17.2 Å². The molecule has 7 heteroatoms. The van der Waals surface area contributed by atoms with Crippen LogP contribution in [0.4, 0.5) is 10.3 Å². The standard InChI is InChI=1S/C17H11Br2FN4/c18-11-3-1-2-10(6-11)15-8-16(24-17(23-15)21-9-22-24)13-7-12(19)4-5-14(13)20/h1-9,16H,(H,21,22,23)/t16-/m1/s1. The first-order chi connectivity index (χ1) is 11.6. The summed E-state index contributed by atoms with van der Waals surface area (Å²) in [6.07, 6.45) is 3.41. The van der Waals surface area contributed by atoms with Gasteiger partial charge in [-0.3, -0.25) is 0 Å². The molecule has 0 saturated carbocycles. The summed E-state index contributed by atoms with van der Waals surface area (Å²) in [5.74, 6) is 0.299. The van der Waals surface area contributed by atoms with E-state index in [0.717, 1.165) is 20.2 Å². The zero-order chi connectivity index (χ0) is 16.7. The summed E-state index contributed by atoms with van der Waals surface area (Å²) in [5.41, 5.74) is 2.38. The third-order valence-corrected chi connectivity index (χ3v) is 4.81. The van der Waals surface area contributed by atoms with Crippen molar-refractivity contribution in [3.8, 4) is 0 Å². The number of halogens is 3. The van der Waals surface area contributed by atoms with Crippen LogP contribution in [0.25, 0.3) is 5.70 Å². The van der Waals surface area contributed by atoms with E-state index in [2.05, 4.69) is 47.3 Å². The minimum absolute atomic E-state index is 0.281. The van der Waals surface area contributed by atoms with Crippen molar-refractivity contribution in [3.63, 3.8) is 0 Å². The molecule has 0 fully saturated rings. The number of rotatable bonds is 2. The summed E-state index contributed by atoms with van der Waals surface area (Å²) < 4.78 is 17.9. The third-order valence-electron chi connectivity index (χ3n) is 3.82. The topological polar surface area (TPSA) is 42.7 Å². The molecule has 1 N–H and O–H groups in total. The summed E-state index contributed by atoms with van der Waals surface area (Å²) in [7, 11) is 0. The van der Waals surface area contributed by atoms with Gasteiger partial charge in [0.25, 0.3) is 0 Å². The highest BCUT2D eigenvalue weighted by molar-refractivity contribution is 9.10. The Morgan fingerprint density at radius 1 is 1.08 bits per heavy atom. The Morgan fingerprint density at radius 2 is 1.92 bits per heavy atom. The van der Waals surface area contributed by atoms with Gasteiger partial charge in [-0.25, -0.2) is 9.07 Å². The predicted molar refractivity (Wildman–Crippen MR) is 98.0 cm³/mol. The second-order valence-corrected chi connectivity index (χ2v) is 7.19. The van der Waals surface area contributed by atoms with Crippen molar-refractivity contribution in [3.05, 3.63) is 80.8 Å². The quantitative estimate of drug-likeness (QED) is 0.598. The molecule has 0 spiro atoms. The number of nitrogens with one attached hydrogen (secondary N) is 1.